The number of carbonyl (C=O) groups is 1. The molecule has 0 aromatic carbocycles. The fourth-order valence-corrected chi connectivity index (χ4v) is 1.08. The fourth-order valence-electron chi connectivity index (χ4n) is 1.08. The summed E-state index contributed by atoms with van der Waals surface area (Å²) < 4.78 is 0.926. The van der Waals surface area contributed by atoms with Gasteiger partial charge in [-0.1, -0.05) is 0 Å². The zero-order valence-electron chi connectivity index (χ0n) is 8.77. The van der Waals surface area contributed by atoms with Gasteiger partial charge in [0.1, 0.15) is 17.2 Å². The van der Waals surface area contributed by atoms with E-state index in [-0.39, 0.29) is 5.56 Å². The Morgan fingerprint density at radius 3 is 2.56 bits per heavy atom. The van der Waals surface area contributed by atoms with Gasteiger partial charge >= 0.3 is 5.69 Å². The molecule has 0 atom stereocenters. The normalized spacial score (nSPS) is 10.8. The average Bonchev–Trinajstić information content (AvgIpc) is 2.17. The van der Waals surface area contributed by atoms with Crippen LogP contribution in [0.3, 0.4) is 0 Å². The van der Waals surface area contributed by atoms with Crippen LogP contribution in [-0.2, 0) is 10.3 Å². The highest BCUT2D eigenvalue weighted by Gasteiger charge is 2.28. The zero-order valence-corrected chi connectivity index (χ0v) is 8.77. The lowest BCUT2D eigenvalue weighted by molar-refractivity contribution is -0.125. The third-order valence-corrected chi connectivity index (χ3v) is 2.27. The molecule has 0 radical (unpaired) electrons. The Balaban J connectivity index is 3.61. The Hall–Kier alpha value is -2.36. The van der Waals surface area contributed by atoms with E-state index in [1.807, 2.05) is 4.98 Å². The number of amides is 1. The molecular weight excluding hydrogens is 212 g/mol. The number of nitrogens with one attached hydrogen (secondary N) is 1. The van der Waals surface area contributed by atoms with E-state index in [1.54, 1.807) is 6.07 Å². The summed E-state index contributed by atoms with van der Waals surface area (Å²) in [6.07, 6.45) is 1.02. The van der Waals surface area contributed by atoms with Gasteiger partial charge < -0.3 is 5.73 Å². The number of nitrogens with zero attached hydrogens (tertiary/aromatic N) is 2. The Morgan fingerprint density at radius 1 is 1.56 bits per heavy atom. The maximum Gasteiger partial charge on any atom is 0.329 e. The minimum Gasteiger partial charge on any atom is -0.368 e. The van der Waals surface area contributed by atoms with Crippen molar-refractivity contribution in [2.24, 2.45) is 5.73 Å². The van der Waals surface area contributed by atoms with Gasteiger partial charge in [-0.05, 0) is 13.8 Å². The van der Waals surface area contributed by atoms with E-state index in [9.17, 15) is 14.4 Å². The maximum atomic E-state index is 11.4. The number of primary amides is 1. The summed E-state index contributed by atoms with van der Waals surface area (Å²) in [6.45, 7) is 2.83. The molecule has 1 heterocycles. The van der Waals surface area contributed by atoms with E-state index in [2.05, 4.69) is 0 Å². The van der Waals surface area contributed by atoms with Gasteiger partial charge in [0.25, 0.3) is 5.56 Å². The molecule has 3 N–H and O–H groups in total. The van der Waals surface area contributed by atoms with Gasteiger partial charge in [-0.15, -0.1) is 0 Å². The molecule has 1 aromatic heterocycles. The molecule has 0 bridgehead atoms. The van der Waals surface area contributed by atoms with Crippen LogP contribution in [0.15, 0.2) is 15.8 Å². The van der Waals surface area contributed by atoms with Crippen LogP contribution in [0.1, 0.15) is 19.4 Å². The summed E-state index contributed by atoms with van der Waals surface area (Å²) in [4.78, 5) is 35.6. The predicted molar refractivity (Wildman–Crippen MR) is 54.6 cm³/mol. The van der Waals surface area contributed by atoms with Crippen molar-refractivity contribution in [2.45, 2.75) is 19.4 Å². The first-order chi connectivity index (χ1) is 7.30. The lowest BCUT2D eigenvalue weighted by atomic mass is 10.0. The van der Waals surface area contributed by atoms with Crippen molar-refractivity contribution in [1.29, 1.82) is 5.26 Å². The third kappa shape index (κ3) is 1.72. The third-order valence-electron chi connectivity index (χ3n) is 2.27. The molecule has 7 nitrogen and oxygen atoms in total. The van der Waals surface area contributed by atoms with Gasteiger partial charge in [0.05, 0.1) is 0 Å². The Morgan fingerprint density at radius 2 is 2.12 bits per heavy atom. The zero-order chi connectivity index (χ0) is 12.5. The molecule has 0 aliphatic rings. The van der Waals surface area contributed by atoms with Gasteiger partial charge in [0.2, 0.25) is 5.91 Å². The topological polar surface area (TPSA) is 122 Å². The molecule has 1 amide bonds. The molecule has 0 aliphatic carbocycles. The van der Waals surface area contributed by atoms with Crippen molar-refractivity contribution in [3.8, 4) is 6.07 Å². The van der Waals surface area contributed by atoms with Crippen molar-refractivity contribution in [3.63, 3.8) is 0 Å². The van der Waals surface area contributed by atoms with Crippen LogP contribution in [-0.4, -0.2) is 15.5 Å². The predicted octanol–water partition coefficient (Wildman–Crippen LogP) is -1.37. The van der Waals surface area contributed by atoms with Crippen LogP contribution in [0, 0.1) is 11.3 Å². The van der Waals surface area contributed by atoms with Crippen LogP contribution in [0.25, 0.3) is 0 Å². The number of hydrogen-bond donors (Lipinski definition) is 2. The first kappa shape index (κ1) is 11.7. The number of aromatic nitrogens is 2. The number of H-pyrrole nitrogens is 1. The maximum absolute atomic E-state index is 11.4. The smallest absolute Gasteiger partial charge is 0.329 e. The molecule has 0 aliphatic heterocycles. The number of aromatic amines is 1. The Bertz CT molecular complexity index is 588. The molecular formula is C9H10N4O3. The first-order valence-corrected chi connectivity index (χ1v) is 4.37. The Kier molecular flexibility index (Phi) is 2.68. The minimum atomic E-state index is -1.31. The summed E-state index contributed by atoms with van der Waals surface area (Å²) in [5.41, 5.74) is 1.99. The van der Waals surface area contributed by atoms with Gasteiger partial charge in [0.15, 0.2) is 0 Å². The highest BCUT2D eigenvalue weighted by Crippen LogP contribution is 2.10. The summed E-state index contributed by atoms with van der Waals surface area (Å²) in [5, 5.41) is 8.64. The first-order valence-electron chi connectivity index (χ1n) is 4.37. The number of nitriles is 1. The van der Waals surface area contributed by atoms with Crippen LogP contribution in [0.2, 0.25) is 0 Å². The number of carbonyl (C=O) groups excluding carboxylic acids is 1. The van der Waals surface area contributed by atoms with Crippen molar-refractivity contribution < 1.29 is 4.79 Å². The lowest BCUT2D eigenvalue weighted by Gasteiger charge is -2.22. The summed E-state index contributed by atoms with van der Waals surface area (Å²) >= 11 is 0. The average molecular weight is 222 g/mol. The minimum absolute atomic E-state index is 0.256. The quantitative estimate of drug-likeness (QED) is 0.640. The van der Waals surface area contributed by atoms with Gasteiger partial charge in [0, 0.05) is 6.20 Å². The molecule has 0 fully saturated rings. The van der Waals surface area contributed by atoms with Gasteiger partial charge in [-0.3, -0.25) is 19.1 Å². The number of rotatable bonds is 2. The van der Waals surface area contributed by atoms with E-state index in [4.69, 9.17) is 11.0 Å². The molecule has 0 saturated carbocycles. The van der Waals surface area contributed by atoms with E-state index in [0.29, 0.717) is 0 Å². The molecule has 84 valence electrons. The molecule has 1 rings (SSSR count). The lowest BCUT2D eigenvalue weighted by Crippen LogP contribution is -2.48. The van der Waals surface area contributed by atoms with E-state index in [1.165, 1.54) is 13.8 Å². The van der Waals surface area contributed by atoms with Crippen LogP contribution < -0.4 is 17.0 Å². The van der Waals surface area contributed by atoms with Crippen molar-refractivity contribution >= 4 is 5.91 Å². The van der Waals surface area contributed by atoms with Crippen molar-refractivity contribution in [2.75, 3.05) is 0 Å². The van der Waals surface area contributed by atoms with Crippen LogP contribution in [0.4, 0.5) is 0 Å². The monoisotopic (exact) mass is 222 g/mol. The van der Waals surface area contributed by atoms with Gasteiger partial charge in [-0.2, -0.15) is 5.26 Å². The molecule has 7 heteroatoms. The standard InChI is InChI=1S/C9H10N4O3/c1-9(2,7(11)15)13-4-5(3-10)6(14)12-8(13)16/h4H,1-2H3,(H2,11,15)(H,12,14,16). The molecule has 1 aromatic rings. The SMILES string of the molecule is CC(C)(C(N)=O)n1cc(C#N)c(=O)[nH]c1=O. The fraction of sp³-hybridized carbons (Fsp3) is 0.333. The largest absolute Gasteiger partial charge is 0.368 e. The van der Waals surface area contributed by atoms with E-state index >= 15 is 0 Å². The second kappa shape index (κ2) is 3.66. The summed E-state index contributed by atoms with van der Waals surface area (Å²) in [5.74, 6) is -0.745. The second-order valence-electron chi connectivity index (χ2n) is 3.71. The van der Waals surface area contributed by atoms with E-state index < -0.39 is 22.7 Å². The number of hydrogen-bond acceptors (Lipinski definition) is 4. The van der Waals surface area contributed by atoms with Crippen LogP contribution >= 0.6 is 0 Å². The highest BCUT2D eigenvalue weighted by molar-refractivity contribution is 5.81. The molecule has 16 heavy (non-hydrogen) atoms. The van der Waals surface area contributed by atoms with Gasteiger partial charge in [-0.25, -0.2) is 4.79 Å². The molecule has 0 spiro atoms. The molecule has 0 unspecified atom stereocenters. The van der Waals surface area contributed by atoms with Crippen molar-refractivity contribution in [3.05, 3.63) is 32.6 Å². The molecule has 0 saturated heterocycles. The van der Waals surface area contributed by atoms with Crippen LogP contribution in [0.5, 0.6) is 0 Å². The van der Waals surface area contributed by atoms with E-state index in [0.717, 1.165) is 10.8 Å². The van der Waals surface area contributed by atoms with Crippen molar-refractivity contribution in [1.82, 2.24) is 9.55 Å². The highest BCUT2D eigenvalue weighted by atomic mass is 16.2. The summed E-state index contributed by atoms with van der Waals surface area (Å²) in [6, 6.07) is 1.62. The Labute approximate surface area is 90.1 Å². The number of nitrogens with two attached hydrogens (primary N) is 1. The summed E-state index contributed by atoms with van der Waals surface area (Å²) in [7, 11) is 0. The second-order valence-corrected chi connectivity index (χ2v) is 3.71.